The minimum Gasteiger partial charge on any atom is -0.313 e. The minimum absolute atomic E-state index is 0.604. The average molecular weight is 372 g/mol. The number of nitrogens with zero attached hydrogens (tertiary/aromatic N) is 6. The van der Waals surface area contributed by atoms with Crippen LogP contribution in [0.2, 0.25) is 5.02 Å². The van der Waals surface area contributed by atoms with E-state index in [1.807, 2.05) is 58.2 Å². The first kappa shape index (κ1) is 15.8. The van der Waals surface area contributed by atoms with Crippen LogP contribution in [0.1, 0.15) is 10.6 Å². The third-order valence-electron chi connectivity index (χ3n) is 3.49. The summed E-state index contributed by atoms with van der Waals surface area (Å²) in [4.78, 5) is 0. The van der Waals surface area contributed by atoms with Crippen LogP contribution in [0.3, 0.4) is 0 Å². The molecule has 4 rings (SSSR count). The van der Waals surface area contributed by atoms with Crippen molar-refractivity contribution in [2.24, 2.45) is 0 Å². The quantitative estimate of drug-likeness (QED) is 0.562. The highest BCUT2D eigenvalue weighted by molar-refractivity contribution is 7.15. The van der Waals surface area contributed by atoms with E-state index in [-0.39, 0.29) is 0 Å². The van der Waals surface area contributed by atoms with Gasteiger partial charge in [0.25, 0.3) is 0 Å². The first-order chi connectivity index (χ1) is 12.3. The Morgan fingerprint density at radius 3 is 2.76 bits per heavy atom. The maximum Gasteiger partial charge on any atom is 0.211 e. The number of anilines is 2. The van der Waals surface area contributed by atoms with E-state index in [4.69, 9.17) is 11.6 Å². The lowest BCUT2D eigenvalue weighted by Crippen LogP contribution is -2.01. The first-order valence-corrected chi connectivity index (χ1v) is 8.79. The predicted molar refractivity (Wildman–Crippen MR) is 97.3 cm³/mol. The van der Waals surface area contributed by atoms with Crippen molar-refractivity contribution >= 4 is 33.9 Å². The summed E-state index contributed by atoms with van der Waals surface area (Å²) in [6.07, 6.45) is 5.54. The Labute approximate surface area is 152 Å². The van der Waals surface area contributed by atoms with Crippen LogP contribution in [0.15, 0.2) is 55.0 Å². The van der Waals surface area contributed by atoms with Gasteiger partial charge in [0.1, 0.15) is 5.01 Å². The Hall–Kier alpha value is -2.71. The second kappa shape index (κ2) is 7.04. The fourth-order valence-corrected chi connectivity index (χ4v) is 3.26. The monoisotopic (exact) mass is 371 g/mol. The van der Waals surface area contributed by atoms with Gasteiger partial charge in [-0.15, -0.1) is 10.2 Å². The molecule has 0 spiro atoms. The Morgan fingerprint density at radius 1 is 1.00 bits per heavy atom. The molecular weight excluding hydrogens is 358 g/mol. The molecule has 0 aliphatic carbocycles. The summed E-state index contributed by atoms with van der Waals surface area (Å²) in [7, 11) is 0. The lowest BCUT2D eigenvalue weighted by Gasteiger charge is -2.04. The first-order valence-electron chi connectivity index (χ1n) is 7.60. The van der Waals surface area contributed by atoms with Crippen LogP contribution >= 0.6 is 22.9 Å². The second-order valence-electron chi connectivity index (χ2n) is 5.32. The van der Waals surface area contributed by atoms with Crippen molar-refractivity contribution in [3.63, 3.8) is 0 Å². The average Bonchev–Trinajstić information content (AvgIpc) is 3.34. The molecule has 0 unspecified atom stereocenters. The van der Waals surface area contributed by atoms with Crippen molar-refractivity contribution in [1.82, 2.24) is 29.8 Å². The maximum absolute atomic E-state index is 6.19. The van der Waals surface area contributed by atoms with Crippen LogP contribution in [0, 0.1) is 0 Å². The van der Waals surface area contributed by atoms with Crippen LogP contribution in [0.5, 0.6) is 0 Å². The van der Waals surface area contributed by atoms with Gasteiger partial charge in [-0.2, -0.15) is 10.2 Å². The number of hydrogen-bond acceptors (Lipinski definition) is 6. The van der Waals surface area contributed by atoms with Gasteiger partial charge in [0.15, 0.2) is 5.82 Å². The molecule has 0 aliphatic rings. The molecule has 4 aromatic rings. The van der Waals surface area contributed by atoms with Gasteiger partial charge < -0.3 is 5.32 Å². The summed E-state index contributed by atoms with van der Waals surface area (Å²) in [5.41, 5.74) is 1.02. The number of nitrogens with one attached hydrogen (secondary N) is 1. The van der Waals surface area contributed by atoms with E-state index in [2.05, 4.69) is 25.7 Å². The normalized spacial score (nSPS) is 10.9. The molecule has 3 heterocycles. The van der Waals surface area contributed by atoms with Crippen molar-refractivity contribution in [2.75, 3.05) is 5.32 Å². The van der Waals surface area contributed by atoms with Gasteiger partial charge in [-0.25, -0.2) is 0 Å². The van der Waals surface area contributed by atoms with Crippen molar-refractivity contribution in [3.8, 4) is 0 Å². The Bertz CT molecular complexity index is 960. The molecule has 25 heavy (non-hydrogen) atoms. The number of hydrogen-bond donors (Lipinski definition) is 1. The molecular formula is C16H14ClN7S. The molecule has 0 amide bonds. The molecule has 126 valence electrons. The molecule has 7 nitrogen and oxygen atoms in total. The van der Waals surface area contributed by atoms with Gasteiger partial charge in [-0.05, 0) is 17.7 Å². The minimum atomic E-state index is 0.604. The number of aromatic nitrogens is 6. The van der Waals surface area contributed by atoms with Gasteiger partial charge in [0.2, 0.25) is 5.13 Å². The van der Waals surface area contributed by atoms with Gasteiger partial charge in [0, 0.05) is 29.7 Å². The molecule has 0 fully saturated rings. The Morgan fingerprint density at radius 2 is 1.92 bits per heavy atom. The van der Waals surface area contributed by atoms with Gasteiger partial charge in [0.05, 0.1) is 13.1 Å². The van der Waals surface area contributed by atoms with E-state index in [1.54, 1.807) is 6.20 Å². The van der Waals surface area contributed by atoms with Gasteiger partial charge in [-0.3, -0.25) is 9.36 Å². The van der Waals surface area contributed by atoms with Crippen LogP contribution in [-0.2, 0) is 13.1 Å². The standard InChI is InChI=1S/C16H14ClN7S/c17-13-5-2-1-4-12(13)10-24-9-6-14(22-24)19-16-21-20-15(25-16)11-23-8-3-7-18-23/h1-9H,10-11H2,(H,19,21,22). The molecule has 0 bridgehead atoms. The highest BCUT2D eigenvalue weighted by Gasteiger charge is 2.08. The van der Waals surface area contributed by atoms with E-state index in [0.29, 0.717) is 24.0 Å². The number of halogens is 1. The highest BCUT2D eigenvalue weighted by Crippen LogP contribution is 2.21. The zero-order valence-corrected chi connectivity index (χ0v) is 14.7. The third-order valence-corrected chi connectivity index (χ3v) is 4.68. The van der Waals surface area contributed by atoms with Gasteiger partial charge >= 0.3 is 0 Å². The van der Waals surface area contributed by atoms with Crippen molar-refractivity contribution < 1.29 is 0 Å². The van der Waals surface area contributed by atoms with E-state index in [1.165, 1.54) is 11.3 Å². The highest BCUT2D eigenvalue weighted by atomic mass is 35.5. The molecule has 1 aromatic carbocycles. The number of benzene rings is 1. The summed E-state index contributed by atoms with van der Waals surface area (Å²) in [5, 5.41) is 22.5. The number of rotatable bonds is 6. The Kier molecular flexibility index (Phi) is 4.45. The summed E-state index contributed by atoms with van der Waals surface area (Å²) in [6, 6.07) is 11.5. The van der Waals surface area contributed by atoms with E-state index in [9.17, 15) is 0 Å². The van der Waals surface area contributed by atoms with Crippen LogP contribution in [-0.4, -0.2) is 29.8 Å². The van der Waals surface area contributed by atoms with Crippen LogP contribution in [0.25, 0.3) is 0 Å². The summed E-state index contributed by atoms with van der Waals surface area (Å²) in [5.74, 6) is 0.717. The van der Waals surface area contributed by atoms with Gasteiger partial charge in [-0.1, -0.05) is 41.1 Å². The topological polar surface area (TPSA) is 73.5 Å². The molecule has 0 saturated heterocycles. The van der Waals surface area contributed by atoms with Crippen molar-refractivity contribution in [2.45, 2.75) is 13.1 Å². The predicted octanol–water partition coefficient (Wildman–Crippen LogP) is 3.42. The van der Waals surface area contributed by atoms with Crippen molar-refractivity contribution in [1.29, 1.82) is 0 Å². The molecule has 0 saturated carbocycles. The van der Waals surface area contributed by atoms with Crippen molar-refractivity contribution in [3.05, 3.63) is 70.6 Å². The Balaban J connectivity index is 1.41. The summed E-state index contributed by atoms with van der Waals surface area (Å²) in [6.45, 7) is 1.22. The largest absolute Gasteiger partial charge is 0.313 e. The molecule has 0 aliphatic heterocycles. The molecule has 0 radical (unpaired) electrons. The maximum atomic E-state index is 6.19. The fraction of sp³-hybridized carbons (Fsp3) is 0.125. The SMILES string of the molecule is Clc1ccccc1Cn1ccc(Nc2nnc(Cn3cccn3)s2)n1. The zero-order chi connectivity index (χ0) is 17.1. The molecule has 3 aromatic heterocycles. The van der Waals surface area contributed by atoms with E-state index < -0.39 is 0 Å². The smallest absolute Gasteiger partial charge is 0.211 e. The lowest BCUT2D eigenvalue weighted by molar-refractivity contribution is 0.677. The summed E-state index contributed by atoms with van der Waals surface area (Å²) >= 11 is 7.67. The summed E-state index contributed by atoms with van der Waals surface area (Å²) < 4.78 is 3.64. The van der Waals surface area contributed by atoms with E-state index >= 15 is 0 Å². The molecule has 9 heteroatoms. The molecule has 0 atom stereocenters. The lowest BCUT2D eigenvalue weighted by atomic mass is 10.2. The van der Waals surface area contributed by atoms with Crippen LogP contribution < -0.4 is 5.32 Å². The fourth-order valence-electron chi connectivity index (χ4n) is 2.33. The third kappa shape index (κ3) is 3.86. The zero-order valence-electron chi connectivity index (χ0n) is 13.1. The second-order valence-corrected chi connectivity index (χ2v) is 6.79. The van der Waals surface area contributed by atoms with E-state index in [0.717, 1.165) is 15.6 Å². The molecule has 1 N–H and O–H groups in total. The van der Waals surface area contributed by atoms with Crippen LogP contribution in [0.4, 0.5) is 10.9 Å².